The smallest absolute Gasteiger partial charge is 0.198 e. The SMILES string of the molecule is Cc1ccc(F)c(C(=O)c2c[nH]c3ncc(-c4cccc(S(C)(=O)=O)c4)cc23)c1. The number of hydrogen-bond donors (Lipinski definition) is 1. The van der Waals surface area contributed by atoms with Crippen LogP contribution in [0.2, 0.25) is 0 Å². The lowest BCUT2D eigenvalue weighted by molar-refractivity contribution is 0.103. The minimum atomic E-state index is -3.35. The highest BCUT2D eigenvalue weighted by molar-refractivity contribution is 7.90. The van der Waals surface area contributed by atoms with E-state index in [-0.39, 0.29) is 10.5 Å². The molecule has 0 saturated heterocycles. The molecule has 0 spiro atoms. The third kappa shape index (κ3) is 3.56. The summed E-state index contributed by atoms with van der Waals surface area (Å²) in [7, 11) is -3.35. The van der Waals surface area contributed by atoms with Crippen molar-refractivity contribution in [3.63, 3.8) is 0 Å². The molecule has 0 bridgehead atoms. The average Bonchev–Trinajstić information content (AvgIpc) is 3.12. The van der Waals surface area contributed by atoms with Crippen LogP contribution >= 0.6 is 0 Å². The Labute approximate surface area is 167 Å². The molecule has 1 N–H and O–H groups in total. The molecule has 7 heteroatoms. The molecule has 0 aliphatic carbocycles. The number of halogens is 1. The van der Waals surface area contributed by atoms with Gasteiger partial charge in [-0.2, -0.15) is 0 Å². The highest BCUT2D eigenvalue weighted by atomic mass is 32.2. The predicted octanol–water partition coefficient (Wildman–Crippen LogP) is 4.31. The van der Waals surface area contributed by atoms with Gasteiger partial charge >= 0.3 is 0 Å². The van der Waals surface area contributed by atoms with Crippen molar-refractivity contribution in [1.82, 2.24) is 9.97 Å². The van der Waals surface area contributed by atoms with Crippen LogP contribution in [-0.4, -0.2) is 30.4 Å². The molecule has 4 rings (SSSR count). The lowest BCUT2D eigenvalue weighted by atomic mass is 9.99. The fourth-order valence-electron chi connectivity index (χ4n) is 3.21. The van der Waals surface area contributed by atoms with E-state index >= 15 is 0 Å². The Hall–Kier alpha value is -3.32. The van der Waals surface area contributed by atoms with Gasteiger partial charge in [0.05, 0.1) is 10.5 Å². The van der Waals surface area contributed by atoms with Crippen molar-refractivity contribution < 1.29 is 17.6 Å². The molecule has 5 nitrogen and oxygen atoms in total. The first-order valence-corrected chi connectivity index (χ1v) is 10.7. The van der Waals surface area contributed by atoms with Gasteiger partial charge in [-0.15, -0.1) is 0 Å². The van der Waals surface area contributed by atoms with Crippen LogP contribution in [0.3, 0.4) is 0 Å². The molecular weight excluding hydrogens is 391 g/mol. The highest BCUT2D eigenvalue weighted by Gasteiger charge is 2.19. The molecule has 0 saturated carbocycles. The van der Waals surface area contributed by atoms with Gasteiger partial charge in [-0.25, -0.2) is 17.8 Å². The summed E-state index contributed by atoms with van der Waals surface area (Å²) >= 11 is 0. The molecule has 2 aromatic carbocycles. The number of rotatable bonds is 4. The fourth-order valence-corrected chi connectivity index (χ4v) is 3.88. The summed E-state index contributed by atoms with van der Waals surface area (Å²) in [5.41, 5.74) is 2.88. The molecule has 146 valence electrons. The highest BCUT2D eigenvalue weighted by Crippen LogP contribution is 2.28. The maximum absolute atomic E-state index is 14.2. The normalized spacial score (nSPS) is 11.7. The lowest BCUT2D eigenvalue weighted by Gasteiger charge is -2.06. The van der Waals surface area contributed by atoms with Crippen molar-refractivity contribution in [2.24, 2.45) is 0 Å². The number of sulfone groups is 1. The van der Waals surface area contributed by atoms with Crippen molar-refractivity contribution in [1.29, 1.82) is 0 Å². The molecule has 0 unspecified atom stereocenters. The Morgan fingerprint density at radius 2 is 1.83 bits per heavy atom. The van der Waals surface area contributed by atoms with Gasteiger partial charge in [-0.3, -0.25) is 4.79 Å². The largest absolute Gasteiger partial charge is 0.345 e. The number of H-pyrrole nitrogens is 1. The summed E-state index contributed by atoms with van der Waals surface area (Å²) in [5.74, 6) is -1.03. The number of fused-ring (bicyclic) bond motifs is 1. The number of nitrogens with one attached hydrogen (secondary N) is 1. The van der Waals surface area contributed by atoms with Gasteiger partial charge in [0, 0.05) is 35.2 Å². The van der Waals surface area contributed by atoms with E-state index in [0.29, 0.717) is 27.7 Å². The number of hydrogen-bond acceptors (Lipinski definition) is 4. The maximum Gasteiger partial charge on any atom is 0.198 e. The lowest BCUT2D eigenvalue weighted by Crippen LogP contribution is -2.04. The molecule has 2 heterocycles. The van der Waals surface area contributed by atoms with Crippen LogP contribution in [0.1, 0.15) is 21.5 Å². The van der Waals surface area contributed by atoms with Crippen molar-refractivity contribution in [3.05, 3.63) is 83.4 Å². The quantitative estimate of drug-likeness (QED) is 0.510. The zero-order valence-corrected chi connectivity index (χ0v) is 16.5. The molecule has 29 heavy (non-hydrogen) atoms. The zero-order valence-electron chi connectivity index (χ0n) is 15.7. The summed E-state index contributed by atoms with van der Waals surface area (Å²) < 4.78 is 37.9. The van der Waals surface area contributed by atoms with Crippen LogP contribution in [0.15, 0.2) is 65.8 Å². The Bertz CT molecular complexity index is 1370. The average molecular weight is 408 g/mol. The van der Waals surface area contributed by atoms with Crippen LogP contribution in [0.25, 0.3) is 22.2 Å². The Kier molecular flexibility index (Phi) is 4.55. The summed E-state index contributed by atoms with van der Waals surface area (Å²) in [6.45, 7) is 1.79. The van der Waals surface area contributed by atoms with E-state index in [9.17, 15) is 17.6 Å². The third-order valence-corrected chi connectivity index (χ3v) is 5.85. The van der Waals surface area contributed by atoms with Gasteiger partial charge in [-0.1, -0.05) is 23.8 Å². The molecule has 0 fully saturated rings. The number of carbonyl (C=O) groups is 1. The van der Waals surface area contributed by atoms with E-state index in [4.69, 9.17) is 0 Å². The summed E-state index contributed by atoms with van der Waals surface area (Å²) in [4.78, 5) is 20.4. The van der Waals surface area contributed by atoms with Crippen molar-refractivity contribution in [2.75, 3.05) is 6.26 Å². The summed E-state index contributed by atoms with van der Waals surface area (Å²) in [5, 5.41) is 0.540. The molecule has 0 radical (unpaired) electrons. The number of pyridine rings is 1. The van der Waals surface area contributed by atoms with Crippen molar-refractivity contribution in [2.45, 2.75) is 11.8 Å². The topological polar surface area (TPSA) is 79.9 Å². The first kappa shape index (κ1) is 19.0. The third-order valence-electron chi connectivity index (χ3n) is 4.74. The van der Waals surface area contributed by atoms with Gasteiger partial charge in [0.2, 0.25) is 0 Å². The van der Waals surface area contributed by atoms with Gasteiger partial charge in [-0.05, 0) is 42.8 Å². The van der Waals surface area contributed by atoms with Crippen molar-refractivity contribution >= 4 is 26.7 Å². The number of aryl methyl sites for hydroxylation is 1. The number of benzene rings is 2. The van der Waals surface area contributed by atoms with Crippen LogP contribution in [0.4, 0.5) is 4.39 Å². The standard InChI is InChI=1S/C22H17FN2O3S/c1-13-6-7-20(23)18(8-13)21(26)19-12-25-22-17(19)10-15(11-24-22)14-4-3-5-16(9-14)29(2,27)28/h3-12H,1-2H3,(H,24,25). The van der Waals surface area contributed by atoms with E-state index in [2.05, 4.69) is 9.97 Å². The fraction of sp³-hybridized carbons (Fsp3) is 0.0909. The first-order chi connectivity index (χ1) is 13.7. The first-order valence-electron chi connectivity index (χ1n) is 8.82. The van der Waals surface area contributed by atoms with E-state index in [0.717, 1.165) is 11.8 Å². The van der Waals surface area contributed by atoms with Gasteiger partial charge in [0.1, 0.15) is 11.5 Å². The van der Waals surface area contributed by atoms with Crippen molar-refractivity contribution in [3.8, 4) is 11.1 Å². The van der Waals surface area contributed by atoms with Gasteiger partial charge in [0.25, 0.3) is 0 Å². The van der Waals surface area contributed by atoms with Gasteiger partial charge < -0.3 is 4.98 Å². The van der Waals surface area contributed by atoms with Gasteiger partial charge in [0.15, 0.2) is 15.6 Å². The number of carbonyl (C=O) groups excluding carboxylic acids is 1. The van der Waals surface area contributed by atoms with E-state index in [1.807, 2.05) is 0 Å². The predicted molar refractivity (Wildman–Crippen MR) is 109 cm³/mol. The molecule has 0 amide bonds. The minimum Gasteiger partial charge on any atom is -0.345 e. The number of aromatic amines is 1. The monoisotopic (exact) mass is 408 g/mol. The minimum absolute atomic E-state index is 0.00428. The number of ketones is 1. The second-order valence-corrected chi connectivity index (χ2v) is 8.95. The summed E-state index contributed by atoms with van der Waals surface area (Å²) in [6.07, 6.45) is 4.26. The van der Waals surface area contributed by atoms with Crippen LogP contribution < -0.4 is 0 Å². The molecule has 0 atom stereocenters. The molecule has 0 aliphatic heterocycles. The van der Waals surface area contributed by atoms with Crippen LogP contribution in [0.5, 0.6) is 0 Å². The molecule has 4 aromatic rings. The Balaban J connectivity index is 1.84. The second-order valence-electron chi connectivity index (χ2n) is 6.93. The van der Waals surface area contributed by atoms with Crippen LogP contribution in [0, 0.1) is 12.7 Å². The molecular formula is C22H17FN2O3S. The number of nitrogens with zero attached hydrogens (tertiary/aromatic N) is 1. The molecule has 2 aromatic heterocycles. The zero-order chi connectivity index (χ0) is 20.8. The Morgan fingerprint density at radius 3 is 2.59 bits per heavy atom. The number of aromatic nitrogens is 2. The molecule has 0 aliphatic rings. The van der Waals surface area contributed by atoms with E-state index < -0.39 is 21.4 Å². The summed E-state index contributed by atoms with van der Waals surface area (Å²) in [6, 6.07) is 12.7. The second kappa shape index (κ2) is 6.93. The Morgan fingerprint density at radius 1 is 1.03 bits per heavy atom. The van der Waals surface area contributed by atoms with E-state index in [1.165, 1.54) is 24.4 Å². The maximum atomic E-state index is 14.2. The van der Waals surface area contributed by atoms with E-state index in [1.54, 1.807) is 43.5 Å². The van der Waals surface area contributed by atoms with Crippen LogP contribution in [-0.2, 0) is 9.84 Å².